The maximum atomic E-state index is 5.46. The summed E-state index contributed by atoms with van der Waals surface area (Å²) < 4.78 is 6.67. The SMILES string of the molecule is Cc1c(Br)cccc1N1CC2(CCOCC2)C1. The maximum Gasteiger partial charge on any atom is 0.0472 e. The lowest BCUT2D eigenvalue weighted by molar-refractivity contribution is -0.000227. The second kappa shape index (κ2) is 4.29. The molecule has 0 saturated carbocycles. The Morgan fingerprint density at radius 1 is 1.24 bits per heavy atom. The van der Waals surface area contributed by atoms with Gasteiger partial charge in [-0.25, -0.2) is 0 Å². The first kappa shape index (κ1) is 11.5. The van der Waals surface area contributed by atoms with Crippen LogP contribution in [0.15, 0.2) is 22.7 Å². The second-order valence-corrected chi connectivity index (χ2v) is 6.21. The van der Waals surface area contributed by atoms with Gasteiger partial charge in [-0.15, -0.1) is 0 Å². The third-order valence-corrected chi connectivity index (χ3v) is 5.04. The number of hydrogen-bond acceptors (Lipinski definition) is 2. The van der Waals surface area contributed by atoms with Crippen LogP contribution in [0.4, 0.5) is 5.69 Å². The van der Waals surface area contributed by atoms with Crippen molar-refractivity contribution in [3.05, 3.63) is 28.2 Å². The molecule has 2 aliphatic rings. The number of benzene rings is 1. The molecule has 1 aromatic carbocycles. The molecule has 0 radical (unpaired) electrons. The highest BCUT2D eigenvalue weighted by molar-refractivity contribution is 9.10. The normalized spacial score (nSPS) is 22.6. The average molecular weight is 296 g/mol. The van der Waals surface area contributed by atoms with Crippen molar-refractivity contribution < 1.29 is 4.74 Å². The summed E-state index contributed by atoms with van der Waals surface area (Å²) in [5, 5.41) is 0. The molecule has 0 bridgehead atoms. The first-order valence-electron chi connectivity index (χ1n) is 6.28. The van der Waals surface area contributed by atoms with Gasteiger partial charge in [-0.05, 0) is 37.5 Å². The van der Waals surface area contributed by atoms with Crippen LogP contribution in [0.1, 0.15) is 18.4 Å². The van der Waals surface area contributed by atoms with E-state index in [1.54, 1.807) is 0 Å². The molecular formula is C14H18BrNO. The largest absolute Gasteiger partial charge is 0.381 e. The molecule has 0 aliphatic carbocycles. The van der Waals surface area contributed by atoms with E-state index in [-0.39, 0.29) is 0 Å². The van der Waals surface area contributed by atoms with Crippen molar-refractivity contribution in [2.45, 2.75) is 19.8 Å². The first-order valence-corrected chi connectivity index (χ1v) is 7.07. The molecule has 2 aliphatic heterocycles. The minimum absolute atomic E-state index is 0.549. The van der Waals surface area contributed by atoms with Crippen LogP contribution in [-0.4, -0.2) is 26.3 Å². The van der Waals surface area contributed by atoms with Crippen LogP contribution in [0, 0.1) is 12.3 Å². The van der Waals surface area contributed by atoms with E-state index >= 15 is 0 Å². The predicted molar refractivity (Wildman–Crippen MR) is 73.6 cm³/mol. The van der Waals surface area contributed by atoms with E-state index in [4.69, 9.17) is 4.74 Å². The Bertz CT molecular complexity index is 418. The number of halogens is 1. The van der Waals surface area contributed by atoms with Crippen molar-refractivity contribution in [3.63, 3.8) is 0 Å². The molecule has 2 nitrogen and oxygen atoms in total. The molecule has 2 heterocycles. The van der Waals surface area contributed by atoms with Crippen molar-refractivity contribution in [2.75, 3.05) is 31.2 Å². The fourth-order valence-electron chi connectivity index (χ4n) is 2.99. The zero-order valence-electron chi connectivity index (χ0n) is 10.2. The molecule has 3 heteroatoms. The third-order valence-electron chi connectivity index (χ3n) is 4.19. The van der Waals surface area contributed by atoms with Gasteiger partial charge in [0.05, 0.1) is 0 Å². The molecule has 0 unspecified atom stereocenters. The zero-order chi connectivity index (χ0) is 11.9. The van der Waals surface area contributed by atoms with E-state index in [0.717, 1.165) is 13.2 Å². The maximum absolute atomic E-state index is 5.46. The molecular weight excluding hydrogens is 278 g/mol. The van der Waals surface area contributed by atoms with Gasteiger partial charge in [0.2, 0.25) is 0 Å². The van der Waals surface area contributed by atoms with Crippen LogP contribution >= 0.6 is 15.9 Å². The molecule has 0 atom stereocenters. The topological polar surface area (TPSA) is 12.5 Å². The average Bonchev–Trinajstić information content (AvgIpc) is 2.31. The summed E-state index contributed by atoms with van der Waals surface area (Å²) in [6, 6.07) is 6.47. The predicted octanol–water partition coefficient (Wildman–Crippen LogP) is 3.37. The molecule has 92 valence electrons. The molecule has 2 saturated heterocycles. The van der Waals surface area contributed by atoms with E-state index < -0.39 is 0 Å². The molecule has 3 rings (SSSR count). The number of anilines is 1. The highest BCUT2D eigenvalue weighted by Crippen LogP contribution is 2.43. The molecule has 1 aromatic rings. The summed E-state index contributed by atoms with van der Waals surface area (Å²) in [5.41, 5.74) is 3.29. The van der Waals surface area contributed by atoms with Gasteiger partial charge in [-0.1, -0.05) is 22.0 Å². The van der Waals surface area contributed by atoms with E-state index in [0.29, 0.717) is 5.41 Å². The van der Waals surface area contributed by atoms with Crippen LogP contribution in [0.5, 0.6) is 0 Å². The monoisotopic (exact) mass is 295 g/mol. The highest BCUT2D eigenvalue weighted by Gasteiger charge is 2.44. The van der Waals surface area contributed by atoms with Gasteiger partial charge in [0, 0.05) is 41.9 Å². The van der Waals surface area contributed by atoms with E-state index in [1.165, 1.54) is 41.7 Å². The number of rotatable bonds is 1. The molecule has 17 heavy (non-hydrogen) atoms. The van der Waals surface area contributed by atoms with Gasteiger partial charge in [0.1, 0.15) is 0 Å². The molecule has 1 spiro atoms. The smallest absolute Gasteiger partial charge is 0.0472 e. The summed E-state index contributed by atoms with van der Waals surface area (Å²) in [5.74, 6) is 0. The fraction of sp³-hybridized carbons (Fsp3) is 0.571. The molecule has 0 amide bonds. The van der Waals surface area contributed by atoms with E-state index in [9.17, 15) is 0 Å². The van der Waals surface area contributed by atoms with Crippen molar-refractivity contribution in [2.24, 2.45) is 5.41 Å². The van der Waals surface area contributed by atoms with Crippen LogP contribution in [0.25, 0.3) is 0 Å². The Balaban J connectivity index is 1.74. The van der Waals surface area contributed by atoms with Crippen molar-refractivity contribution in [1.82, 2.24) is 0 Å². The summed E-state index contributed by atoms with van der Waals surface area (Å²) in [7, 11) is 0. The van der Waals surface area contributed by atoms with Crippen LogP contribution in [0.2, 0.25) is 0 Å². The van der Waals surface area contributed by atoms with Gasteiger partial charge in [0.15, 0.2) is 0 Å². The van der Waals surface area contributed by atoms with E-state index in [2.05, 4.69) is 46.0 Å². The Labute approximate surface area is 111 Å². The van der Waals surface area contributed by atoms with Gasteiger partial charge in [-0.2, -0.15) is 0 Å². The molecule has 0 aromatic heterocycles. The van der Waals surface area contributed by atoms with Gasteiger partial charge in [0.25, 0.3) is 0 Å². The Kier molecular flexibility index (Phi) is 2.91. The van der Waals surface area contributed by atoms with Gasteiger partial charge >= 0.3 is 0 Å². The minimum Gasteiger partial charge on any atom is -0.381 e. The summed E-state index contributed by atoms with van der Waals surface area (Å²) in [4.78, 5) is 2.51. The summed E-state index contributed by atoms with van der Waals surface area (Å²) >= 11 is 3.61. The lowest BCUT2D eigenvalue weighted by Gasteiger charge is -2.53. The van der Waals surface area contributed by atoms with Crippen molar-refractivity contribution in [3.8, 4) is 0 Å². The van der Waals surface area contributed by atoms with Crippen molar-refractivity contribution in [1.29, 1.82) is 0 Å². The van der Waals surface area contributed by atoms with Gasteiger partial charge in [-0.3, -0.25) is 0 Å². The Hall–Kier alpha value is -0.540. The third kappa shape index (κ3) is 2.00. The number of nitrogens with zero attached hydrogens (tertiary/aromatic N) is 1. The quantitative estimate of drug-likeness (QED) is 0.788. The zero-order valence-corrected chi connectivity index (χ0v) is 11.8. The van der Waals surface area contributed by atoms with Crippen LogP contribution in [0.3, 0.4) is 0 Å². The standard InChI is InChI=1S/C14H18BrNO/c1-11-12(15)3-2-4-13(11)16-9-14(10-16)5-7-17-8-6-14/h2-4H,5-10H2,1H3. The molecule has 2 fully saturated rings. The Morgan fingerprint density at radius 2 is 1.94 bits per heavy atom. The number of hydrogen-bond donors (Lipinski definition) is 0. The van der Waals surface area contributed by atoms with Crippen LogP contribution in [-0.2, 0) is 4.74 Å². The first-order chi connectivity index (χ1) is 8.20. The summed E-state index contributed by atoms with van der Waals surface area (Å²) in [6.45, 7) is 6.49. The highest BCUT2D eigenvalue weighted by atomic mass is 79.9. The lowest BCUT2D eigenvalue weighted by atomic mass is 9.73. The fourth-order valence-corrected chi connectivity index (χ4v) is 3.35. The van der Waals surface area contributed by atoms with Crippen molar-refractivity contribution >= 4 is 21.6 Å². The minimum atomic E-state index is 0.549. The second-order valence-electron chi connectivity index (χ2n) is 5.35. The van der Waals surface area contributed by atoms with Gasteiger partial charge < -0.3 is 9.64 Å². The van der Waals surface area contributed by atoms with Crippen LogP contribution < -0.4 is 4.90 Å². The van der Waals surface area contributed by atoms with E-state index in [1.807, 2.05) is 0 Å². The molecule has 0 N–H and O–H groups in total. The number of ether oxygens (including phenoxy) is 1. The Morgan fingerprint density at radius 3 is 2.65 bits per heavy atom. The summed E-state index contributed by atoms with van der Waals surface area (Å²) in [6.07, 6.45) is 2.47. The lowest BCUT2D eigenvalue weighted by Crippen LogP contribution is -2.58.